The van der Waals surface area contributed by atoms with E-state index in [4.69, 9.17) is 9.47 Å². The van der Waals surface area contributed by atoms with Crippen molar-refractivity contribution in [1.82, 2.24) is 19.5 Å². The van der Waals surface area contributed by atoms with Gasteiger partial charge in [-0.05, 0) is 13.8 Å². The van der Waals surface area contributed by atoms with Gasteiger partial charge in [0.1, 0.15) is 18.0 Å². The van der Waals surface area contributed by atoms with Crippen molar-refractivity contribution in [3.8, 4) is 5.88 Å². The molecule has 0 radical (unpaired) electrons. The van der Waals surface area contributed by atoms with E-state index < -0.39 is 30.2 Å². The minimum Gasteiger partial charge on any atom is -0.479 e. The third-order valence-corrected chi connectivity index (χ3v) is 4.31. The van der Waals surface area contributed by atoms with Gasteiger partial charge < -0.3 is 19.7 Å². The van der Waals surface area contributed by atoms with Crippen LogP contribution < -0.4 is 4.74 Å². The lowest BCUT2D eigenvalue weighted by atomic mass is 9.85. The van der Waals surface area contributed by atoms with Crippen LogP contribution in [0.5, 0.6) is 5.88 Å². The Labute approximate surface area is 125 Å². The van der Waals surface area contributed by atoms with E-state index in [0.717, 1.165) is 0 Å². The second-order valence-electron chi connectivity index (χ2n) is 5.59. The van der Waals surface area contributed by atoms with Gasteiger partial charge in [0.2, 0.25) is 5.88 Å². The van der Waals surface area contributed by atoms with Gasteiger partial charge in [-0.15, -0.1) is 0 Å². The van der Waals surface area contributed by atoms with Crippen molar-refractivity contribution < 1.29 is 24.1 Å². The number of halogens is 1. The molecule has 8 nitrogen and oxygen atoms in total. The molecule has 1 saturated heterocycles. The molecule has 9 heteroatoms. The first-order valence-corrected chi connectivity index (χ1v) is 6.73. The number of ether oxygens (including phenoxy) is 2. The zero-order valence-corrected chi connectivity index (χ0v) is 12.4. The molecule has 1 unspecified atom stereocenters. The van der Waals surface area contributed by atoms with E-state index in [-0.39, 0.29) is 5.88 Å². The Hall–Kier alpha value is -1.84. The molecular weight excluding hydrogens is 295 g/mol. The Balaban J connectivity index is 2.12. The fourth-order valence-electron chi connectivity index (χ4n) is 2.68. The molecule has 1 fully saturated rings. The average molecular weight is 312 g/mol. The molecule has 1 aliphatic rings. The fraction of sp³-hybridized carbons (Fsp3) is 0.615. The Morgan fingerprint density at radius 2 is 2.14 bits per heavy atom. The smallest absolute Gasteiger partial charge is 0.245 e. The van der Waals surface area contributed by atoms with Crippen LogP contribution >= 0.6 is 0 Å². The van der Waals surface area contributed by atoms with Gasteiger partial charge in [0.15, 0.2) is 23.1 Å². The lowest BCUT2D eigenvalue weighted by Crippen LogP contribution is -2.51. The van der Waals surface area contributed by atoms with Crippen molar-refractivity contribution >= 4 is 11.2 Å². The van der Waals surface area contributed by atoms with Crippen LogP contribution in [0.4, 0.5) is 4.39 Å². The van der Waals surface area contributed by atoms with Crippen molar-refractivity contribution in [1.29, 1.82) is 0 Å². The molecule has 0 aromatic carbocycles. The summed E-state index contributed by atoms with van der Waals surface area (Å²) in [6.45, 7) is 2.01. The first kappa shape index (κ1) is 15.1. The third kappa shape index (κ3) is 1.82. The summed E-state index contributed by atoms with van der Waals surface area (Å²) in [6.07, 6.45) is 0.365. The maximum atomic E-state index is 15.2. The number of aliphatic hydroxyl groups excluding tert-OH is 1. The van der Waals surface area contributed by atoms with E-state index in [2.05, 4.69) is 15.0 Å². The van der Waals surface area contributed by atoms with Crippen LogP contribution in [0.15, 0.2) is 12.7 Å². The summed E-state index contributed by atoms with van der Waals surface area (Å²) in [6, 6.07) is 0. The number of hydrogen-bond donors (Lipinski definition) is 2. The van der Waals surface area contributed by atoms with Gasteiger partial charge in [-0.1, -0.05) is 0 Å². The summed E-state index contributed by atoms with van der Waals surface area (Å²) in [5.74, 6) is 0.257. The second-order valence-corrected chi connectivity index (χ2v) is 5.59. The van der Waals surface area contributed by atoms with Gasteiger partial charge in [0.05, 0.1) is 20.0 Å². The summed E-state index contributed by atoms with van der Waals surface area (Å²) in [5, 5.41) is 19.7. The van der Waals surface area contributed by atoms with Gasteiger partial charge in [-0.2, -0.15) is 4.98 Å². The molecule has 0 bridgehead atoms. The van der Waals surface area contributed by atoms with Gasteiger partial charge >= 0.3 is 0 Å². The number of aliphatic hydroxyl groups is 2. The number of imidazole rings is 1. The monoisotopic (exact) mass is 312 g/mol. The van der Waals surface area contributed by atoms with Gasteiger partial charge in [-0.3, -0.25) is 4.57 Å². The van der Waals surface area contributed by atoms with E-state index in [9.17, 15) is 10.2 Å². The molecule has 0 aliphatic carbocycles. The van der Waals surface area contributed by atoms with Crippen molar-refractivity contribution in [3.63, 3.8) is 0 Å². The molecule has 2 aromatic rings. The minimum absolute atomic E-state index is 0.257. The third-order valence-electron chi connectivity index (χ3n) is 4.31. The van der Waals surface area contributed by atoms with Crippen LogP contribution in [0.25, 0.3) is 11.2 Å². The molecule has 2 N–H and O–H groups in total. The van der Waals surface area contributed by atoms with Crippen LogP contribution in [0, 0.1) is 0 Å². The first-order valence-electron chi connectivity index (χ1n) is 6.73. The van der Waals surface area contributed by atoms with Gasteiger partial charge in [0, 0.05) is 0 Å². The molecule has 2 aromatic heterocycles. The van der Waals surface area contributed by atoms with Crippen molar-refractivity contribution in [2.24, 2.45) is 0 Å². The Bertz CT molecular complexity index is 702. The molecule has 4 atom stereocenters. The lowest BCUT2D eigenvalue weighted by molar-refractivity contribution is -0.0891. The van der Waals surface area contributed by atoms with Crippen LogP contribution in [-0.4, -0.2) is 60.8 Å². The highest BCUT2D eigenvalue weighted by Crippen LogP contribution is 2.48. The number of hydrogen-bond acceptors (Lipinski definition) is 7. The van der Waals surface area contributed by atoms with E-state index in [1.54, 1.807) is 0 Å². The number of rotatable bonds is 3. The summed E-state index contributed by atoms with van der Waals surface area (Å²) < 4.78 is 27.1. The largest absolute Gasteiger partial charge is 0.479 e. The molecule has 1 aliphatic heterocycles. The van der Waals surface area contributed by atoms with Crippen LogP contribution in [0.2, 0.25) is 0 Å². The SMILES string of the molecule is COc1ncnc2c1ncn2C1O[C@H](CO)[C@](C)(O)[C@@]1(C)F. The molecule has 0 spiro atoms. The summed E-state index contributed by atoms with van der Waals surface area (Å²) >= 11 is 0. The lowest BCUT2D eigenvalue weighted by Gasteiger charge is -2.32. The quantitative estimate of drug-likeness (QED) is 0.834. The van der Waals surface area contributed by atoms with Crippen LogP contribution in [0.1, 0.15) is 20.1 Å². The number of alkyl halides is 1. The van der Waals surface area contributed by atoms with Gasteiger partial charge in [0.25, 0.3) is 0 Å². The number of fused-ring (bicyclic) bond motifs is 1. The summed E-state index contributed by atoms with van der Waals surface area (Å²) in [4.78, 5) is 12.1. The second kappa shape index (κ2) is 4.83. The summed E-state index contributed by atoms with van der Waals surface area (Å²) in [7, 11) is 1.44. The molecule has 0 saturated carbocycles. The van der Waals surface area contributed by atoms with Gasteiger partial charge in [-0.25, -0.2) is 14.4 Å². The molecule has 3 rings (SSSR count). The number of aromatic nitrogens is 4. The Morgan fingerprint density at radius 3 is 2.73 bits per heavy atom. The van der Waals surface area contributed by atoms with Crippen molar-refractivity contribution in [2.75, 3.05) is 13.7 Å². The van der Waals surface area contributed by atoms with E-state index in [1.807, 2.05) is 0 Å². The predicted octanol–water partition coefficient (Wildman–Crippen LogP) is 0.204. The molecular formula is C13H17FN4O4. The van der Waals surface area contributed by atoms with Crippen LogP contribution in [0.3, 0.4) is 0 Å². The molecule has 3 heterocycles. The van der Waals surface area contributed by atoms with E-state index >= 15 is 4.39 Å². The minimum atomic E-state index is -2.16. The number of methoxy groups -OCH3 is 1. The molecule has 22 heavy (non-hydrogen) atoms. The standard InChI is InChI=1S/C13H17FN4O4/c1-12(14)11(22-7(4-19)13(12,2)20)18-6-17-8-9(18)15-5-16-10(8)21-3/h5-7,11,19-20H,4H2,1-3H3/t7-,11?,12+,13+/m1/s1. The van der Waals surface area contributed by atoms with E-state index in [1.165, 1.54) is 38.2 Å². The van der Waals surface area contributed by atoms with E-state index in [0.29, 0.717) is 11.2 Å². The first-order chi connectivity index (χ1) is 10.3. The number of nitrogens with zero attached hydrogens (tertiary/aromatic N) is 4. The highest BCUT2D eigenvalue weighted by atomic mass is 19.1. The highest BCUT2D eigenvalue weighted by molar-refractivity contribution is 5.76. The molecule has 120 valence electrons. The van der Waals surface area contributed by atoms with Crippen molar-refractivity contribution in [3.05, 3.63) is 12.7 Å². The zero-order chi connectivity index (χ0) is 16.1. The molecule has 0 amide bonds. The predicted molar refractivity (Wildman–Crippen MR) is 73.0 cm³/mol. The average Bonchev–Trinajstić information content (AvgIpc) is 2.97. The van der Waals surface area contributed by atoms with Crippen LogP contribution in [-0.2, 0) is 4.74 Å². The Morgan fingerprint density at radius 1 is 1.41 bits per heavy atom. The topological polar surface area (TPSA) is 103 Å². The fourth-order valence-corrected chi connectivity index (χ4v) is 2.68. The maximum Gasteiger partial charge on any atom is 0.245 e. The zero-order valence-electron chi connectivity index (χ0n) is 12.4. The highest BCUT2D eigenvalue weighted by Gasteiger charge is 2.63. The maximum absolute atomic E-state index is 15.2. The van der Waals surface area contributed by atoms with Crippen molar-refractivity contribution in [2.45, 2.75) is 37.4 Å². The Kier molecular flexibility index (Phi) is 3.31. The normalized spacial score (nSPS) is 35.2. The summed E-state index contributed by atoms with van der Waals surface area (Å²) in [5.41, 5.74) is -3.35.